The van der Waals surface area contributed by atoms with Gasteiger partial charge >= 0.3 is 23.9 Å². The van der Waals surface area contributed by atoms with E-state index in [4.69, 9.17) is 14.6 Å². The van der Waals surface area contributed by atoms with Gasteiger partial charge in [-0.3, -0.25) is 19.2 Å². The monoisotopic (exact) mass is 374 g/mol. The Balaban J connectivity index is 5.35. The van der Waals surface area contributed by atoms with E-state index in [9.17, 15) is 24.3 Å². The molecule has 8 nitrogen and oxygen atoms in total. The van der Waals surface area contributed by atoms with Gasteiger partial charge in [-0.2, -0.15) is 0 Å². The van der Waals surface area contributed by atoms with Crippen molar-refractivity contribution in [2.75, 3.05) is 13.2 Å². The summed E-state index contributed by atoms with van der Waals surface area (Å²) in [6.07, 6.45) is -0.305. The van der Waals surface area contributed by atoms with Crippen molar-refractivity contribution in [3.8, 4) is 0 Å². The van der Waals surface area contributed by atoms with E-state index in [-0.39, 0.29) is 19.3 Å². The largest absolute Gasteiger partial charge is 0.481 e. The summed E-state index contributed by atoms with van der Waals surface area (Å²) in [4.78, 5) is 46.6. The third-order valence-corrected chi connectivity index (χ3v) is 3.68. The number of carbonyl (C=O) groups is 4. The van der Waals surface area contributed by atoms with Crippen LogP contribution in [0.5, 0.6) is 0 Å². The van der Waals surface area contributed by atoms with Crippen molar-refractivity contribution in [1.29, 1.82) is 0 Å². The second kappa shape index (κ2) is 9.00. The predicted molar refractivity (Wildman–Crippen MR) is 92.4 cm³/mol. The molecule has 0 radical (unpaired) electrons. The second-order valence-corrected chi connectivity index (χ2v) is 8.49. The smallest absolute Gasteiger partial charge is 0.316 e. The van der Waals surface area contributed by atoms with Crippen LogP contribution in [0.4, 0.5) is 0 Å². The number of rotatable bonds is 9. The predicted octanol–water partition coefficient (Wildman–Crippen LogP) is 2.49. The summed E-state index contributed by atoms with van der Waals surface area (Å²) in [5.74, 6) is -3.57. The van der Waals surface area contributed by atoms with Crippen molar-refractivity contribution in [2.24, 2.45) is 16.2 Å². The summed E-state index contributed by atoms with van der Waals surface area (Å²) in [6, 6.07) is 0. The summed E-state index contributed by atoms with van der Waals surface area (Å²) >= 11 is 0. The van der Waals surface area contributed by atoms with Gasteiger partial charge in [-0.25, -0.2) is 0 Å². The van der Waals surface area contributed by atoms with Crippen molar-refractivity contribution < 1.29 is 38.9 Å². The van der Waals surface area contributed by atoms with Gasteiger partial charge in [-0.1, -0.05) is 0 Å². The lowest BCUT2D eigenvalue weighted by Gasteiger charge is -2.30. The molecule has 0 rings (SSSR count). The number of aliphatic carboxylic acids is 2. The number of carboxylic acid groups (broad SMARTS) is 2. The van der Waals surface area contributed by atoms with Gasteiger partial charge < -0.3 is 19.7 Å². The van der Waals surface area contributed by atoms with E-state index < -0.39 is 53.3 Å². The van der Waals surface area contributed by atoms with Crippen molar-refractivity contribution in [3.63, 3.8) is 0 Å². The zero-order chi connectivity index (χ0) is 20.8. The van der Waals surface area contributed by atoms with E-state index in [0.29, 0.717) is 0 Å². The highest BCUT2D eigenvalue weighted by Gasteiger charge is 2.43. The summed E-state index contributed by atoms with van der Waals surface area (Å²) in [7, 11) is 0. The Kier molecular flexibility index (Phi) is 8.27. The fourth-order valence-electron chi connectivity index (χ4n) is 1.83. The third kappa shape index (κ3) is 7.84. The maximum absolute atomic E-state index is 12.0. The molecule has 0 fully saturated rings. The van der Waals surface area contributed by atoms with Gasteiger partial charge in [-0.15, -0.1) is 0 Å². The zero-order valence-electron chi connectivity index (χ0n) is 16.4. The van der Waals surface area contributed by atoms with Crippen LogP contribution in [0.25, 0.3) is 0 Å². The average Bonchev–Trinajstić information content (AvgIpc) is 2.46. The Bertz CT molecular complexity index is 506. The van der Waals surface area contributed by atoms with Crippen molar-refractivity contribution >= 4 is 23.9 Å². The van der Waals surface area contributed by atoms with Crippen LogP contribution in [0, 0.1) is 16.2 Å². The van der Waals surface area contributed by atoms with Crippen LogP contribution >= 0.6 is 0 Å². The topological polar surface area (TPSA) is 127 Å². The fourth-order valence-corrected chi connectivity index (χ4v) is 1.83. The highest BCUT2D eigenvalue weighted by molar-refractivity contribution is 5.79. The molecule has 0 bridgehead atoms. The van der Waals surface area contributed by atoms with E-state index in [1.54, 1.807) is 41.5 Å². The van der Waals surface area contributed by atoms with Crippen molar-refractivity contribution in [2.45, 2.75) is 60.8 Å². The minimum absolute atomic E-state index is 0.0434. The molecule has 0 aromatic rings. The third-order valence-electron chi connectivity index (χ3n) is 3.68. The maximum Gasteiger partial charge on any atom is 0.316 e. The van der Waals surface area contributed by atoms with Crippen LogP contribution in [0.1, 0.15) is 60.8 Å². The summed E-state index contributed by atoms with van der Waals surface area (Å²) in [6.45, 7) is 8.75. The molecule has 0 aromatic heterocycles. The van der Waals surface area contributed by atoms with E-state index in [0.717, 1.165) is 0 Å². The highest BCUT2D eigenvalue weighted by Crippen LogP contribution is 2.29. The molecule has 8 heteroatoms. The number of ether oxygens (including phenoxy) is 2. The minimum Gasteiger partial charge on any atom is -0.481 e. The van der Waals surface area contributed by atoms with Gasteiger partial charge in [-0.05, 0) is 54.4 Å². The number of esters is 2. The Labute approximate surface area is 153 Å². The standard InChI is InChI=1S/C18H30O8/c1-16(2,3)14(23)25-10-18(13(21)22,9-7-8-12(19)20)11-26-15(24)17(4,5)6/h7-11H2,1-6H3,(H,19,20)(H,21,22). The number of carboxylic acids is 2. The van der Waals surface area contributed by atoms with E-state index >= 15 is 0 Å². The molecule has 26 heavy (non-hydrogen) atoms. The number of carbonyl (C=O) groups excluding carboxylic acids is 2. The first-order valence-corrected chi connectivity index (χ1v) is 8.41. The van der Waals surface area contributed by atoms with Crippen LogP contribution < -0.4 is 0 Å². The average molecular weight is 374 g/mol. The first-order valence-electron chi connectivity index (χ1n) is 8.41. The van der Waals surface area contributed by atoms with Gasteiger partial charge in [0.25, 0.3) is 0 Å². The summed E-state index contributed by atoms with van der Waals surface area (Å²) < 4.78 is 10.3. The molecule has 0 spiro atoms. The normalized spacial score (nSPS) is 12.4. The van der Waals surface area contributed by atoms with Crippen LogP contribution in [-0.4, -0.2) is 47.3 Å². The Hall–Kier alpha value is -2.12. The molecule has 0 saturated carbocycles. The molecular formula is C18H30O8. The van der Waals surface area contributed by atoms with Gasteiger partial charge in [0.05, 0.1) is 10.8 Å². The molecule has 0 aliphatic heterocycles. The van der Waals surface area contributed by atoms with Crippen LogP contribution in [-0.2, 0) is 28.7 Å². The Morgan fingerprint density at radius 2 is 1.15 bits per heavy atom. The van der Waals surface area contributed by atoms with Gasteiger partial charge in [0.2, 0.25) is 0 Å². The SMILES string of the molecule is CC(C)(C)C(=O)OCC(CCCC(=O)O)(COC(=O)C(C)(C)C)C(=O)O. The van der Waals surface area contributed by atoms with E-state index in [2.05, 4.69) is 0 Å². The molecule has 0 aromatic carbocycles. The molecule has 2 N–H and O–H groups in total. The van der Waals surface area contributed by atoms with Gasteiger partial charge in [0.15, 0.2) is 0 Å². The minimum atomic E-state index is -1.70. The second-order valence-electron chi connectivity index (χ2n) is 8.49. The van der Waals surface area contributed by atoms with E-state index in [1.807, 2.05) is 0 Å². The molecular weight excluding hydrogens is 344 g/mol. The molecule has 150 valence electrons. The molecule has 0 saturated heterocycles. The molecule has 0 heterocycles. The Morgan fingerprint density at radius 1 is 0.769 bits per heavy atom. The molecule has 0 amide bonds. The van der Waals surface area contributed by atoms with Gasteiger partial charge in [0.1, 0.15) is 18.6 Å². The molecule has 0 unspecified atom stereocenters. The summed E-state index contributed by atoms with van der Waals surface area (Å²) in [5.41, 5.74) is -3.35. The lowest BCUT2D eigenvalue weighted by molar-refractivity contribution is -0.174. The molecule has 0 aliphatic carbocycles. The van der Waals surface area contributed by atoms with Crippen LogP contribution in [0.2, 0.25) is 0 Å². The fraction of sp³-hybridized carbons (Fsp3) is 0.778. The van der Waals surface area contributed by atoms with E-state index in [1.165, 1.54) is 0 Å². The quantitative estimate of drug-likeness (QED) is 0.589. The molecule has 0 atom stereocenters. The Morgan fingerprint density at radius 3 is 1.42 bits per heavy atom. The lowest BCUT2D eigenvalue weighted by atomic mass is 9.84. The number of hydrogen-bond acceptors (Lipinski definition) is 6. The van der Waals surface area contributed by atoms with Crippen LogP contribution in [0.3, 0.4) is 0 Å². The summed E-state index contributed by atoms with van der Waals surface area (Å²) in [5, 5.41) is 18.5. The lowest BCUT2D eigenvalue weighted by Crippen LogP contribution is -2.43. The number of hydrogen-bond donors (Lipinski definition) is 2. The van der Waals surface area contributed by atoms with Crippen molar-refractivity contribution in [1.82, 2.24) is 0 Å². The van der Waals surface area contributed by atoms with Crippen LogP contribution in [0.15, 0.2) is 0 Å². The highest BCUT2D eigenvalue weighted by atomic mass is 16.6. The maximum atomic E-state index is 12.0. The van der Waals surface area contributed by atoms with Crippen molar-refractivity contribution in [3.05, 3.63) is 0 Å². The molecule has 0 aliphatic rings. The first-order chi connectivity index (χ1) is 11.6. The zero-order valence-corrected chi connectivity index (χ0v) is 16.4. The van der Waals surface area contributed by atoms with Gasteiger partial charge in [0, 0.05) is 6.42 Å². The first kappa shape index (κ1) is 23.9.